The molecule has 2 aromatic rings. The average molecular weight is 295 g/mol. The largest absolute Gasteiger partial charge is 0.497 e. The van der Waals surface area contributed by atoms with Gasteiger partial charge >= 0.3 is 0 Å². The molecule has 0 radical (unpaired) electrons. The number of thioether (sulfide) groups is 1. The molecular formula is C13H17N3O3S. The monoisotopic (exact) mass is 295 g/mol. The van der Waals surface area contributed by atoms with Crippen molar-refractivity contribution in [2.45, 2.75) is 11.4 Å². The van der Waals surface area contributed by atoms with Crippen molar-refractivity contribution < 1.29 is 14.2 Å². The van der Waals surface area contributed by atoms with Gasteiger partial charge in [0.15, 0.2) is 6.29 Å². The van der Waals surface area contributed by atoms with Crippen LogP contribution >= 0.6 is 11.8 Å². The van der Waals surface area contributed by atoms with E-state index >= 15 is 0 Å². The SMILES string of the molecule is COc1ccc(-n2cnc(SCC(OC)OC)n2)cc1. The fourth-order valence-corrected chi connectivity index (χ4v) is 2.37. The fraction of sp³-hybridized carbons (Fsp3) is 0.385. The van der Waals surface area contributed by atoms with Crippen LogP contribution in [0.3, 0.4) is 0 Å². The van der Waals surface area contributed by atoms with Crippen LogP contribution in [0.4, 0.5) is 0 Å². The summed E-state index contributed by atoms with van der Waals surface area (Å²) < 4.78 is 17.1. The van der Waals surface area contributed by atoms with Crippen LogP contribution in [0.5, 0.6) is 5.75 Å². The Hall–Kier alpha value is -1.57. The van der Waals surface area contributed by atoms with Crippen molar-refractivity contribution in [3.8, 4) is 11.4 Å². The fourth-order valence-electron chi connectivity index (χ4n) is 1.55. The van der Waals surface area contributed by atoms with Crippen molar-refractivity contribution in [2.24, 2.45) is 0 Å². The summed E-state index contributed by atoms with van der Waals surface area (Å²) in [5.41, 5.74) is 0.931. The van der Waals surface area contributed by atoms with Crippen LogP contribution < -0.4 is 4.74 Å². The van der Waals surface area contributed by atoms with Gasteiger partial charge in [-0.3, -0.25) is 0 Å². The summed E-state index contributed by atoms with van der Waals surface area (Å²) in [5, 5.41) is 5.07. The van der Waals surface area contributed by atoms with Gasteiger partial charge in [-0.15, -0.1) is 5.10 Å². The highest BCUT2D eigenvalue weighted by molar-refractivity contribution is 7.99. The summed E-state index contributed by atoms with van der Waals surface area (Å²) in [7, 11) is 4.86. The first-order chi connectivity index (χ1) is 9.76. The first-order valence-electron chi connectivity index (χ1n) is 6.01. The zero-order valence-corrected chi connectivity index (χ0v) is 12.5. The van der Waals surface area contributed by atoms with Crippen LogP contribution in [-0.4, -0.2) is 48.1 Å². The first kappa shape index (κ1) is 14.8. The highest BCUT2D eigenvalue weighted by Crippen LogP contribution is 2.18. The van der Waals surface area contributed by atoms with Gasteiger partial charge in [0.25, 0.3) is 0 Å². The van der Waals surface area contributed by atoms with E-state index in [1.807, 2.05) is 24.3 Å². The zero-order chi connectivity index (χ0) is 14.4. The van der Waals surface area contributed by atoms with Gasteiger partial charge in [0, 0.05) is 14.2 Å². The number of rotatable bonds is 7. The van der Waals surface area contributed by atoms with E-state index in [-0.39, 0.29) is 6.29 Å². The Bertz CT molecular complexity index is 526. The molecule has 0 fully saturated rings. The molecule has 1 aromatic heterocycles. The highest BCUT2D eigenvalue weighted by atomic mass is 32.2. The number of hydrogen-bond acceptors (Lipinski definition) is 6. The Morgan fingerprint density at radius 1 is 1.15 bits per heavy atom. The lowest BCUT2D eigenvalue weighted by Crippen LogP contribution is -2.15. The molecule has 0 bridgehead atoms. The number of ether oxygens (including phenoxy) is 3. The molecule has 1 aromatic carbocycles. The zero-order valence-electron chi connectivity index (χ0n) is 11.6. The predicted octanol–water partition coefficient (Wildman–Crippen LogP) is 1.99. The van der Waals surface area contributed by atoms with Gasteiger partial charge < -0.3 is 14.2 Å². The second-order valence-corrected chi connectivity index (χ2v) is 4.87. The van der Waals surface area contributed by atoms with E-state index in [0.29, 0.717) is 10.9 Å². The lowest BCUT2D eigenvalue weighted by atomic mass is 10.3. The molecule has 108 valence electrons. The van der Waals surface area contributed by atoms with Gasteiger partial charge in [0.2, 0.25) is 5.16 Å². The van der Waals surface area contributed by atoms with E-state index in [1.165, 1.54) is 11.8 Å². The van der Waals surface area contributed by atoms with Crippen molar-refractivity contribution >= 4 is 11.8 Å². The first-order valence-corrected chi connectivity index (χ1v) is 7.00. The maximum Gasteiger partial charge on any atom is 0.209 e. The van der Waals surface area contributed by atoms with Crippen LogP contribution in [0.2, 0.25) is 0 Å². The Balaban J connectivity index is 2.00. The van der Waals surface area contributed by atoms with Crippen LogP contribution in [-0.2, 0) is 9.47 Å². The third-order valence-corrected chi connectivity index (χ3v) is 3.57. The molecule has 20 heavy (non-hydrogen) atoms. The quantitative estimate of drug-likeness (QED) is 0.575. The van der Waals surface area contributed by atoms with Crippen molar-refractivity contribution in [1.29, 1.82) is 0 Å². The summed E-state index contributed by atoms with van der Waals surface area (Å²) in [4.78, 5) is 4.25. The van der Waals surface area contributed by atoms with Gasteiger partial charge in [0.05, 0.1) is 18.6 Å². The lowest BCUT2D eigenvalue weighted by Gasteiger charge is -2.10. The summed E-state index contributed by atoms with van der Waals surface area (Å²) in [5.74, 6) is 1.45. The third kappa shape index (κ3) is 3.72. The Morgan fingerprint density at radius 3 is 2.45 bits per heavy atom. The predicted molar refractivity (Wildman–Crippen MR) is 76.4 cm³/mol. The van der Waals surface area contributed by atoms with Crippen molar-refractivity contribution in [3.05, 3.63) is 30.6 Å². The molecule has 0 spiro atoms. The van der Waals surface area contributed by atoms with Gasteiger partial charge in [-0.1, -0.05) is 11.8 Å². The molecule has 0 aliphatic carbocycles. The number of nitrogens with zero attached hydrogens (tertiary/aromatic N) is 3. The van der Waals surface area contributed by atoms with Crippen LogP contribution in [0.1, 0.15) is 0 Å². The van der Waals surface area contributed by atoms with Crippen molar-refractivity contribution in [1.82, 2.24) is 14.8 Å². The minimum atomic E-state index is -0.257. The minimum absolute atomic E-state index is 0.257. The molecule has 0 atom stereocenters. The second kappa shape index (κ2) is 7.28. The smallest absolute Gasteiger partial charge is 0.209 e. The lowest BCUT2D eigenvalue weighted by molar-refractivity contribution is -0.0842. The van der Waals surface area contributed by atoms with Gasteiger partial charge in [-0.2, -0.15) is 0 Å². The average Bonchev–Trinajstić information content (AvgIpc) is 2.97. The van der Waals surface area contributed by atoms with Crippen molar-refractivity contribution in [3.63, 3.8) is 0 Å². The van der Waals surface area contributed by atoms with Crippen LogP contribution in [0.15, 0.2) is 35.7 Å². The molecule has 0 aliphatic rings. The summed E-state index contributed by atoms with van der Waals surface area (Å²) >= 11 is 1.48. The Labute approximate surface area is 122 Å². The molecule has 0 aliphatic heterocycles. The maximum atomic E-state index is 5.12. The van der Waals surface area contributed by atoms with Gasteiger partial charge in [0.1, 0.15) is 12.1 Å². The van der Waals surface area contributed by atoms with E-state index < -0.39 is 0 Å². The normalized spacial score (nSPS) is 11.0. The standard InChI is InChI=1S/C13H17N3O3S/c1-17-11-6-4-10(5-7-11)16-9-14-13(15-16)20-8-12(18-2)19-3/h4-7,9,12H,8H2,1-3H3. The number of methoxy groups -OCH3 is 3. The summed E-state index contributed by atoms with van der Waals surface area (Å²) in [6, 6.07) is 7.62. The number of hydrogen-bond donors (Lipinski definition) is 0. The molecule has 0 N–H and O–H groups in total. The van der Waals surface area contributed by atoms with Crippen LogP contribution in [0.25, 0.3) is 5.69 Å². The molecule has 0 amide bonds. The van der Waals surface area contributed by atoms with E-state index in [2.05, 4.69) is 10.1 Å². The highest BCUT2D eigenvalue weighted by Gasteiger charge is 2.09. The van der Waals surface area contributed by atoms with E-state index in [0.717, 1.165) is 11.4 Å². The number of benzene rings is 1. The third-order valence-electron chi connectivity index (χ3n) is 2.68. The van der Waals surface area contributed by atoms with E-state index in [9.17, 15) is 0 Å². The molecule has 6 nitrogen and oxygen atoms in total. The topological polar surface area (TPSA) is 58.4 Å². The molecule has 2 rings (SSSR count). The van der Waals surface area contributed by atoms with Gasteiger partial charge in [-0.25, -0.2) is 9.67 Å². The maximum absolute atomic E-state index is 5.12. The Morgan fingerprint density at radius 2 is 1.85 bits per heavy atom. The minimum Gasteiger partial charge on any atom is -0.497 e. The molecule has 0 saturated heterocycles. The molecule has 7 heteroatoms. The van der Waals surface area contributed by atoms with Crippen molar-refractivity contribution in [2.75, 3.05) is 27.1 Å². The summed E-state index contributed by atoms with van der Waals surface area (Å²) in [6.07, 6.45) is 1.42. The molecule has 0 saturated carbocycles. The van der Waals surface area contributed by atoms with Gasteiger partial charge in [-0.05, 0) is 24.3 Å². The van der Waals surface area contributed by atoms with E-state index in [4.69, 9.17) is 14.2 Å². The number of aromatic nitrogens is 3. The summed E-state index contributed by atoms with van der Waals surface area (Å²) in [6.45, 7) is 0. The molecule has 0 unspecified atom stereocenters. The van der Waals surface area contributed by atoms with Crippen LogP contribution in [0, 0.1) is 0 Å². The Kier molecular flexibility index (Phi) is 5.40. The second-order valence-electron chi connectivity index (χ2n) is 3.88. The van der Waals surface area contributed by atoms with E-state index in [1.54, 1.807) is 32.3 Å². The molecule has 1 heterocycles. The molecular weight excluding hydrogens is 278 g/mol.